The first-order valence-corrected chi connectivity index (χ1v) is 5.31. The van der Waals surface area contributed by atoms with Crippen molar-refractivity contribution in [2.24, 2.45) is 0 Å². The third-order valence-corrected chi connectivity index (χ3v) is 1.83. The summed E-state index contributed by atoms with van der Waals surface area (Å²) >= 11 is 0. The van der Waals surface area contributed by atoms with Crippen LogP contribution >= 0.6 is 0 Å². The van der Waals surface area contributed by atoms with Crippen LogP contribution in [0.1, 0.15) is 12.5 Å². The first-order chi connectivity index (χ1) is 7.35. The summed E-state index contributed by atoms with van der Waals surface area (Å²) in [6.07, 6.45) is 4.79. The smallest absolute Gasteiger partial charge is 0.0135 e. The van der Waals surface area contributed by atoms with Crippen molar-refractivity contribution >= 4 is 0 Å². The van der Waals surface area contributed by atoms with Crippen molar-refractivity contribution in [1.82, 2.24) is 5.32 Å². The van der Waals surface area contributed by atoms with Crippen molar-refractivity contribution in [3.05, 3.63) is 61.2 Å². The van der Waals surface area contributed by atoms with Crippen LogP contribution in [0.15, 0.2) is 55.6 Å². The lowest BCUT2D eigenvalue weighted by molar-refractivity contribution is 0.845. The largest absolute Gasteiger partial charge is 0.310 e. The Morgan fingerprint density at radius 3 is 1.93 bits per heavy atom. The standard InChI is InChI=1S/C8H10.C6H11N/c1-2-8-6-4-3-5-7-8;1-3-5-7-6-4-2/h3-7H,2H2,1H3;3-4,7H,1-2,5-6H2. The quantitative estimate of drug-likeness (QED) is 0.572. The minimum Gasteiger partial charge on any atom is -0.310 e. The zero-order valence-corrected chi connectivity index (χ0v) is 9.58. The zero-order chi connectivity index (χ0) is 11.4. The van der Waals surface area contributed by atoms with E-state index in [9.17, 15) is 0 Å². The minimum absolute atomic E-state index is 0.867. The maximum absolute atomic E-state index is 3.54. The molecule has 0 saturated carbocycles. The molecule has 1 rings (SSSR count). The van der Waals surface area contributed by atoms with Crippen LogP contribution in [0.4, 0.5) is 0 Å². The summed E-state index contributed by atoms with van der Waals surface area (Å²) in [6.45, 7) is 11.0. The fourth-order valence-electron chi connectivity index (χ4n) is 1.00. The number of rotatable bonds is 5. The molecule has 1 nitrogen and oxygen atoms in total. The molecule has 0 aromatic heterocycles. The molecule has 0 unspecified atom stereocenters. The average molecular weight is 203 g/mol. The SMILES string of the molecule is C=CCNCC=C.CCc1ccccc1. The Morgan fingerprint density at radius 2 is 1.60 bits per heavy atom. The Balaban J connectivity index is 0.000000265. The van der Waals surface area contributed by atoms with Crippen molar-refractivity contribution < 1.29 is 0 Å². The number of hydrogen-bond donors (Lipinski definition) is 1. The summed E-state index contributed by atoms with van der Waals surface area (Å²) in [5.74, 6) is 0. The second-order valence-electron chi connectivity index (χ2n) is 3.07. The minimum atomic E-state index is 0.867. The lowest BCUT2D eigenvalue weighted by Crippen LogP contribution is -2.11. The highest BCUT2D eigenvalue weighted by Crippen LogP contribution is 1.96. The third kappa shape index (κ3) is 8.98. The van der Waals surface area contributed by atoms with Crippen LogP contribution in [0.3, 0.4) is 0 Å². The summed E-state index contributed by atoms with van der Waals surface area (Å²) in [4.78, 5) is 0. The van der Waals surface area contributed by atoms with E-state index < -0.39 is 0 Å². The van der Waals surface area contributed by atoms with Crippen LogP contribution in [0, 0.1) is 0 Å². The molecule has 0 aliphatic carbocycles. The second kappa shape index (κ2) is 10.7. The van der Waals surface area contributed by atoms with E-state index >= 15 is 0 Å². The Kier molecular flexibility index (Phi) is 9.78. The molecule has 15 heavy (non-hydrogen) atoms. The Hall–Kier alpha value is -1.34. The Morgan fingerprint density at radius 1 is 1.07 bits per heavy atom. The summed E-state index contributed by atoms with van der Waals surface area (Å²) in [5.41, 5.74) is 1.41. The molecular weight excluding hydrogens is 182 g/mol. The molecule has 1 heteroatoms. The van der Waals surface area contributed by atoms with E-state index in [2.05, 4.69) is 49.7 Å². The summed E-state index contributed by atoms with van der Waals surface area (Å²) < 4.78 is 0. The van der Waals surface area contributed by atoms with Gasteiger partial charge in [0.15, 0.2) is 0 Å². The van der Waals surface area contributed by atoms with Crippen molar-refractivity contribution in [2.45, 2.75) is 13.3 Å². The van der Waals surface area contributed by atoms with Crippen molar-refractivity contribution in [1.29, 1.82) is 0 Å². The van der Waals surface area contributed by atoms with Crippen LogP contribution in [-0.4, -0.2) is 13.1 Å². The number of benzene rings is 1. The summed E-state index contributed by atoms with van der Waals surface area (Å²) in [6, 6.07) is 10.5. The highest BCUT2D eigenvalue weighted by Gasteiger charge is 1.79. The highest BCUT2D eigenvalue weighted by molar-refractivity contribution is 5.13. The summed E-state index contributed by atoms with van der Waals surface area (Å²) in [5, 5.41) is 3.05. The van der Waals surface area contributed by atoms with Gasteiger partial charge in [0.05, 0.1) is 0 Å². The van der Waals surface area contributed by atoms with Gasteiger partial charge in [-0.2, -0.15) is 0 Å². The van der Waals surface area contributed by atoms with Gasteiger partial charge in [-0.25, -0.2) is 0 Å². The summed E-state index contributed by atoms with van der Waals surface area (Å²) in [7, 11) is 0. The number of hydrogen-bond acceptors (Lipinski definition) is 1. The molecule has 0 amide bonds. The van der Waals surface area contributed by atoms with Crippen LogP contribution in [-0.2, 0) is 6.42 Å². The van der Waals surface area contributed by atoms with E-state index in [1.807, 2.05) is 18.2 Å². The van der Waals surface area contributed by atoms with E-state index in [-0.39, 0.29) is 0 Å². The Labute approximate surface area is 93.5 Å². The van der Waals surface area contributed by atoms with Gasteiger partial charge in [0.1, 0.15) is 0 Å². The molecular formula is C14H21N. The van der Waals surface area contributed by atoms with Crippen LogP contribution in [0.2, 0.25) is 0 Å². The molecule has 1 aromatic rings. The molecule has 0 aliphatic rings. The van der Waals surface area contributed by atoms with Crippen molar-refractivity contribution in [3.8, 4) is 0 Å². The molecule has 0 fully saturated rings. The van der Waals surface area contributed by atoms with Crippen LogP contribution in [0.5, 0.6) is 0 Å². The molecule has 0 spiro atoms. The van der Waals surface area contributed by atoms with E-state index in [1.165, 1.54) is 5.56 Å². The first-order valence-electron chi connectivity index (χ1n) is 5.31. The molecule has 0 radical (unpaired) electrons. The van der Waals surface area contributed by atoms with Gasteiger partial charge in [0.2, 0.25) is 0 Å². The second-order valence-corrected chi connectivity index (χ2v) is 3.07. The fourth-order valence-corrected chi connectivity index (χ4v) is 1.00. The molecule has 0 heterocycles. The van der Waals surface area contributed by atoms with Crippen LogP contribution in [0.25, 0.3) is 0 Å². The molecule has 0 bridgehead atoms. The van der Waals surface area contributed by atoms with Gasteiger partial charge >= 0.3 is 0 Å². The lowest BCUT2D eigenvalue weighted by atomic mass is 10.2. The zero-order valence-electron chi connectivity index (χ0n) is 9.58. The average Bonchev–Trinajstić information content (AvgIpc) is 2.32. The molecule has 82 valence electrons. The molecule has 1 aromatic carbocycles. The third-order valence-electron chi connectivity index (χ3n) is 1.83. The Bertz CT molecular complexity index is 243. The van der Waals surface area contributed by atoms with E-state index in [0.717, 1.165) is 19.5 Å². The van der Waals surface area contributed by atoms with Gasteiger partial charge in [-0.05, 0) is 12.0 Å². The van der Waals surface area contributed by atoms with Crippen molar-refractivity contribution in [3.63, 3.8) is 0 Å². The normalized spacial score (nSPS) is 8.60. The monoisotopic (exact) mass is 203 g/mol. The van der Waals surface area contributed by atoms with Crippen molar-refractivity contribution in [2.75, 3.05) is 13.1 Å². The topological polar surface area (TPSA) is 12.0 Å². The number of aryl methyl sites for hydroxylation is 1. The van der Waals surface area contributed by atoms with Gasteiger partial charge < -0.3 is 5.32 Å². The van der Waals surface area contributed by atoms with Crippen LogP contribution < -0.4 is 5.32 Å². The van der Waals surface area contributed by atoms with Gasteiger partial charge in [-0.3, -0.25) is 0 Å². The molecule has 1 N–H and O–H groups in total. The van der Waals surface area contributed by atoms with Gasteiger partial charge in [-0.1, -0.05) is 49.4 Å². The lowest BCUT2D eigenvalue weighted by Gasteiger charge is -1.90. The van der Waals surface area contributed by atoms with E-state index in [4.69, 9.17) is 0 Å². The molecule has 0 saturated heterocycles. The van der Waals surface area contributed by atoms with Gasteiger partial charge in [0.25, 0.3) is 0 Å². The first kappa shape index (κ1) is 13.7. The van der Waals surface area contributed by atoms with Gasteiger partial charge in [0, 0.05) is 13.1 Å². The maximum Gasteiger partial charge on any atom is 0.0135 e. The van der Waals surface area contributed by atoms with E-state index in [1.54, 1.807) is 0 Å². The fraction of sp³-hybridized carbons (Fsp3) is 0.286. The molecule has 0 aliphatic heterocycles. The molecule has 0 atom stereocenters. The van der Waals surface area contributed by atoms with E-state index in [0.29, 0.717) is 0 Å². The highest BCUT2D eigenvalue weighted by atomic mass is 14.8. The number of nitrogens with one attached hydrogen (secondary N) is 1. The predicted molar refractivity (Wildman–Crippen MR) is 69.1 cm³/mol. The van der Waals surface area contributed by atoms with Gasteiger partial charge in [-0.15, -0.1) is 13.2 Å². The maximum atomic E-state index is 3.54. The predicted octanol–water partition coefficient (Wildman–Crippen LogP) is 3.20.